The summed E-state index contributed by atoms with van der Waals surface area (Å²) in [6, 6.07) is 9.66. The lowest BCUT2D eigenvalue weighted by Gasteiger charge is -2.10. The van der Waals surface area contributed by atoms with Crippen molar-refractivity contribution in [2.75, 3.05) is 6.54 Å². The monoisotopic (exact) mass is 361 g/mol. The van der Waals surface area contributed by atoms with E-state index in [1.807, 2.05) is 19.9 Å². The lowest BCUT2D eigenvalue weighted by molar-refractivity contribution is 0.0950. The minimum atomic E-state index is -3.62. The Hall–Kier alpha value is -2.25. The van der Waals surface area contributed by atoms with E-state index in [2.05, 4.69) is 15.0 Å². The third-order valence-electron chi connectivity index (χ3n) is 3.60. The molecule has 134 valence electrons. The molecule has 0 spiro atoms. The van der Waals surface area contributed by atoms with Crippen LogP contribution < -0.4 is 10.0 Å². The summed E-state index contributed by atoms with van der Waals surface area (Å²) in [6.45, 7) is 4.76. The highest BCUT2D eigenvalue weighted by molar-refractivity contribution is 7.89. The smallest absolute Gasteiger partial charge is 0.251 e. The van der Waals surface area contributed by atoms with E-state index < -0.39 is 10.0 Å². The molecule has 2 rings (SSSR count). The molecule has 2 aromatic rings. The molecule has 0 aliphatic carbocycles. The SMILES string of the molecule is CC(C)CCNS(=O)(=O)c1cccc(C(=O)NCc2cccnc2)c1. The van der Waals surface area contributed by atoms with Crippen LogP contribution in [0.2, 0.25) is 0 Å². The van der Waals surface area contributed by atoms with Crippen molar-refractivity contribution in [3.63, 3.8) is 0 Å². The van der Waals surface area contributed by atoms with Gasteiger partial charge in [0.05, 0.1) is 4.90 Å². The number of hydrogen-bond acceptors (Lipinski definition) is 4. The second-order valence-electron chi connectivity index (χ2n) is 6.15. The van der Waals surface area contributed by atoms with Crippen LogP contribution in [0.15, 0.2) is 53.7 Å². The van der Waals surface area contributed by atoms with Crippen LogP contribution in [0.3, 0.4) is 0 Å². The van der Waals surface area contributed by atoms with Crippen molar-refractivity contribution in [3.05, 3.63) is 59.9 Å². The van der Waals surface area contributed by atoms with Crippen molar-refractivity contribution in [3.8, 4) is 0 Å². The molecule has 1 aromatic heterocycles. The van der Waals surface area contributed by atoms with E-state index >= 15 is 0 Å². The fourth-order valence-electron chi connectivity index (χ4n) is 2.16. The van der Waals surface area contributed by atoms with E-state index in [9.17, 15) is 13.2 Å². The number of amides is 1. The fraction of sp³-hybridized carbons (Fsp3) is 0.333. The highest BCUT2D eigenvalue weighted by Gasteiger charge is 2.16. The summed E-state index contributed by atoms with van der Waals surface area (Å²) in [5, 5.41) is 2.76. The molecular formula is C18H23N3O3S. The van der Waals surface area contributed by atoms with Gasteiger partial charge < -0.3 is 5.32 Å². The largest absolute Gasteiger partial charge is 0.348 e. The third kappa shape index (κ3) is 5.95. The van der Waals surface area contributed by atoms with Crippen LogP contribution in [-0.4, -0.2) is 25.9 Å². The number of nitrogens with one attached hydrogen (secondary N) is 2. The molecule has 6 nitrogen and oxygen atoms in total. The molecule has 2 N–H and O–H groups in total. The maximum Gasteiger partial charge on any atom is 0.251 e. The predicted molar refractivity (Wildman–Crippen MR) is 96.5 cm³/mol. The Balaban J connectivity index is 2.03. The quantitative estimate of drug-likeness (QED) is 0.755. The van der Waals surface area contributed by atoms with Gasteiger partial charge in [-0.1, -0.05) is 26.0 Å². The first-order valence-electron chi connectivity index (χ1n) is 8.15. The molecule has 25 heavy (non-hydrogen) atoms. The molecule has 1 amide bonds. The standard InChI is InChI=1S/C18H23N3O3S/c1-14(2)8-10-21-25(23,24)17-7-3-6-16(11-17)18(22)20-13-15-5-4-9-19-12-15/h3-7,9,11-12,14,21H,8,10,13H2,1-2H3,(H,20,22). The highest BCUT2D eigenvalue weighted by Crippen LogP contribution is 2.12. The zero-order chi connectivity index (χ0) is 18.3. The Labute approximate surface area is 148 Å². The van der Waals surface area contributed by atoms with Gasteiger partial charge >= 0.3 is 0 Å². The van der Waals surface area contributed by atoms with Crippen LogP contribution in [0.1, 0.15) is 36.2 Å². The average Bonchev–Trinajstić information content (AvgIpc) is 2.60. The van der Waals surface area contributed by atoms with E-state index in [4.69, 9.17) is 0 Å². The van der Waals surface area contributed by atoms with Crippen LogP contribution in [0.5, 0.6) is 0 Å². The number of hydrogen-bond donors (Lipinski definition) is 2. The average molecular weight is 361 g/mol. The van der Waals surface area contributed by atoms with Crippen molar-refractivity contribution in [1.29, 1.82) is 0 Å². The molecule has 0 saturated carbocycles. The van der Waals surface area contributed by atoms with Gasteiger partial charge in [0.15, 0.2) is 0 Å². The summed E-state index contributed by atoms with van der Waals surface area (Å²) >= 11 is 0. The zero-order valence-electron chi connectivity index (χ0n) is 14.4. The van der Waals surface area contributed by atoms with Crippen LogP contribution >= 0.6 is 0 Å². The summed E-state index contributed by atoms with van der Waals surface area (Å²) in [5.74, 6) is 0.0790. The Morgan fingerprint density at radius 1 is 1.20 bits per heavy atom. The van der Waals surface area contributed by atoms with E-state index in [0.29, 0.717) is 24.6 Å². The lowest BCUT2D eigenvalue weighted by atomic mass is 10.1. The predicted octanol–water partition coefficient (Wildman–Crippen LogP) is 2.34. The molecule has 0 bridgehead atoms. The summed E-state index contributed by atoms with van der Waals surface area (Å²) in [6.07, 6.45) is 4.08. The maximum atomic E-state index is 12.3. The lowest BCUT2D eigenvalue weighted by Crippen LogP contribution is -2.27. The van der Waals surface area contributed by atoms with Crippen LogP contribution in [0, 0.1) is 5.92 Å². The Morgan fingerprint density at radius 3 is 2.68 bits per heavy atom. The number of pyridine rings is 1. The van der Waals surface area contributed by atoms with E-state index in [-0.39, 0.29) is 10.8 Å². The number of sulfonamides is 1. The summed E-state index contributed by atoms with van der Waals surface area (Å²) in [4.78, 5) is 16.3. The van der Waals surface area contributed by atoms with Crippen molar-refractivity contribution in [2.24, 2.45) is 5.92 Å². The molecular weight excluding hydrogens is 338 g/mol. The topological polar surface area (TPSA) is 88.2 Å². The first kappa shape index (κ1) is 19.1. The second-order valence-corrected chi connectivity index (χ2v) is 7.92. The minimum Gasteiger partial charge on any atom is -0.348 e. The van der Waals surface area contributed by atoms with E-state index in [1.54, 1.807) is 30.6 Å². The zero-order valence-corrected chi connectivity index (χ0v) is 15.2. The molecule has 0 atom stereocenters. The third-order valence-corrected chi connectivity index (χ3v) is 5.05. The molecule has 0 aliphatic rings. The Morgan fingerprint density at radius 2 is 2.00 bits per heavy atom. The van der Waals surface area contributed by atoms with Gasteiger partial charge in [-0.15, -0.1) is 0 Å². The summed E-state index contributed by atoms with van der Waals surface area (Å²) in [7, 11) is -3.62. The molecule has 0 aliphatic heterocycles. The Kier molecular flexibility index (Phi) is 6.66. The van der Waals surface area contributed by atoms with Crippen LogP contribution in [-0.2, 0) is 16.6 Å². The van der Waals surface area contributed by atoms with Crippen LogP contribution in [0.25, 0.3) is 0 Å². The molecule has 0 radical (unpaired) electrons. The van der Waals surface area contributed by atoms with Gasteiger partial charge in [0, 0.05) is 31.0 Å². The number of carbonyl (C=O) groups excluding carboxylic acids is 1. The van der Waals surface area contributed by atoms with Crippen molar-refractivity contribution >= 4 is 15.9 Å². The van der Waals surface area contributed by atoms with Gasteiger partial charge in [-0.25, -0.2) is 13.1 Å². The molecule has 1 heterocycles. The number of carbonyl (C=O) groups is 1. The van der Waals surface area contributed by atoms with Gasteiger partial charge in [-0.3, -0.25) is 9.78 Å². The van der Waals surface area contributed by atoms with Crippen LogP contribution in [0.4, 0.5) is 0 Å². The second kappa shape index (κ2) is 8.73. The van der Waals surface area contributed by atoms with Crippen molar-refractivity contribution < 1.29 is 13.2 Å². The number of nitrogens with zero attached hydrogens (tertiary/aromatic N) is 1. The van der Waals surface area contributed by atoms with Gasteiger partial charge in [-0.05, 0) is 42.2 Å². The first-order chi connectivity index (χ1) is 11.9. The number of rotatable bonds is 8. The fourth-order valence-corrected chi connectivity index (χ4v) is 3.25. The molecule has 0 unspecified atom stereocenters. The number of benzene rings is 1. The van der Waals surface area contributed by atoms with E-state index in [0.717, 1.165) is 12.0 Å². The first-order valence-corrected chi connectivity index (χ1v) is 9.63. The Bertz CT molecular complexity index is 805. The van der Waals surface area contributed by atoms with Gasteiger partial charge in [0.1, 0.15) is 0 Å². The van der Waals surface area contributed by atoms with E-state index in [1.165, 1.54) is 12.1 Å². The molecule has 1 aromatic carbocycles. The minimum absolute atomic E-state index is 0.0882. The molecule has 7 heteroatoms. The van der Waals surface area contributed by atoms with Crippen molar-refractivity contribution in [1.82, 2.24) is 15.0 Å². The normalized spacial score (nSPS) is 11.5. The van der Waals surface area contributed by atoms with Gasteiger partial charge in [0.25, 0.3) is 5.91 Å². The van der Waals surface area contributed by atoms with Gasteiger partial charge in [0.2, 0.25) is 10.0 Å². The molecule has 0 saturated heterocycles. The highest BCUT2D eigenvalue weighted by atomic mass is 32.2. The summed E-state index contributed by atoms with van der Waals surface area (Å²) in [5.41, 5.74) is 1.17. The molecule has 0 fully saturated rings. The maximum absolute atomic E-state index is 12.3. The van der Waals surface area contributed by atoms with Gasteiger partial charge in [-0.2, -0.15) is 0 Å². The number of aromatic nitrogens is 1. The summed E-state index contributed by atoms with van der Waals surface area (Å²) < 4.78 is 27.2. The van der Waals surface area contributed by atoms with Crippen molar-refractivity contribution in [2.45, 2.75) is 31.7 Å².